The Hall–Kier alpha value is -0.791. The predicted molar refractivity (Wildman–Crippen MR) is 92.3 cm³/mol. The molecule has 114 valence electrons. The van der Waals surface area contributed by atoms with Crippen molar-refractivity contribution < 1.29 is 14.2 Å². The zero-order valence-corrected chi connectivity index (χ0v) is 15.1. The van der Waals surface area contributed by atoms with Crippen molar-refractivity contribution >= 4 is 48.1 Å². The Labute approximate surface area is 148 Å². The molecule has 0 aromatic carbocycles. The summed E-state index contributed by atoms with van der Waals surface area (Å²) in [6, 6.07) is 11.3. The molecular weight excluding hydrogens is 420 g/mol. The van der Waals surface area contributed by atoms with Crippen LogP contribution in [0.2, 0.25) is 0 Å². The number of aromatic nitrogens is 2. The van der Waals surface area contributed by atoms with Crippen molar-refractivity contribution in [2.24, 2.45) is 5.10 Å². The van der Waals surface area contributed by atoms with Crippen molar-refractivity contribution in [1.29, 1.82) is 0 Å². The molecule has 0 aliphatic carbocycles. The summed E-state index contributed by atoms with van der Waals surface area (Å²) < 4.78 is 0.601. The van der Waals surface area contributed by atoms with Gasteiger partial charge in [0.1, 0.15) is 5.71 Å². The number of hydrazone groups is 1. The van der Waals surface area contributed by atoms with E-state index in [4.69, 9.17) is 12.2 Å². The fraction of sp³-hybridized carbons (Fsp3) is 0.0769. The van der Waals surface area contributed by atoms with Gasteiger partial charge in [0.2, 0.25) is 0 Å². The maximum atomic E-state index is 5.08. The van der Waals surface area contributed by atoms with Gasteiger partial charge in [-0.1, -0.05) is 36.1 Å². The molecule has 2 aromatic rings. The van der Waals surface area contributed by atoms with E-state index in [9.17, 15) is 0 Å². The molecule has 0 saturated heterocycles. The molecule has 0 aliphatic heterocycles. The van der Waals surface area contributed by atoms with E-state index in [1.54, 1.807) is 12.4 Å². The molecule has 0 atom stereocenters. The Morgan fingerprint density at radius 3 is 2.05 bits per heavy atom. The number of hydrogen-bond acceptors (Lipinski definition) is 5. The van der Waals surface area contributed by atoms with Gasteiger partial charge >= 0.3 is 28.3 Å². The van der Waals surface area contributed by atoms with E-state index in [-0.39, 0.29) is 0 Å². The average Bonchev–Trinajstić information content (AvgIpc) is 2.58. The van der Waals surface area contributed by atoms with E-state index >= 15 is 0 Å². The maximum absolute atomic E-state index is 5.08. The van der Waals surface area contributed by atoms with Crippen LogP contribution >= 0.6 is 38.1 Å². The fourth-order valence-corrected chi connectivity index (χ4v) is 1.58. The van der Waals surface area contributed by atoms with Gasteiger partial charge in [-0.05, 0) is 30.5 Å². The molecule has 2 rings (SSSR count). The Bertz CT molecular complexity index is 540. The van der Waals surface area contributed by atoms with E-state index in [1.165, 1.54) is 11.8 Å². The normalized spacial score (nSPS) is 9.14. The van der Waals surface area contributed by atoms with Crippen LogP contribution in [-0.4, -0.2) is 26.3 Å². The van der Waals surface area contributed by atoms with Gasteiger partial charge in [0.05, 0.1) is 11.4 Å². The van der Waals surface area contributed by atoms with Crippen molar-refractivity contribution in [1.82, 2.24) is 15.4 Å². The number of thiocarbonyl (C=S) groups is 1. The SMILES string of the molecule is CSC(=S)NN=C(c1ccccn1)c1ccccn1.[Cu][Br]. The summed E-state index contributed by atoms with van der Waals surface area (Å²) in [4.78, 5) is 8.60. The van der Waals surface area contributed by atoms with Gasteiger partial charge in [-0.3, -0.25) is 15.4 Å². The molecule has 0 fully saturated rings. The first-order chi connectivity index (χ1) is 10.3. The third-order valence-corrected chi connectivity index (χ3v) is 3.31. The summed E-state index contributed by atoms with van der Waals surface area (Å²) in [6.07, 6.45) is 5.34. The zero-order chi connectivity index (χ0) is 15.5. The molecule has 0 amide bonds. The quantitative estimate of drug-likeness (QED) is 0.350. The van der Waals surface area contributed by atoms with E-state index in [1.807, 2.05) is 42.7 Å². The minimum atomic E-state index is 0.601. The molecule has 4 nitrogen and oxygen atoms in total. The van der Waals surface area contributed by atoms with Gasteiger partial charge < -0.3 is 0 Å². The molecule has 2 aromatic heterocycles. The standard InChI is InChI=1S/C13H12N4S2.BrH.Cu/c1-19-13(18)17-16-12(10-6-2-4-8-14-10)11-7-3-5-9-15-11;;/h2-9H,1H3,(H,17,18);1H;/q;;+1/p-1. The first-order valence-corrected chi connectivity index (χ1v) is 9.63. The molecule has 0 radical (unpaired) electrons. The summed E-state index contributed by atoms with van der Waals surface area (Å²) >= 11 is 13.0. The van der Waals surface area contributed by atoms with Crippen molar-refractivity contribution in [2.45, 2.75) is 0 Å². The van der Waals surface area contributed by atoms with E-state index < -0.39 is 0 Å². The molecule has 2 heterocycles. The summed E-state index contributed by atoms with van der Waals surface area (Å²) in [6.45, 7) is 0. The predicted octanol–water partition coefficient (Wildman–Crippen LogP) is 3.31. The monoisotopic (exact) mass is 430 g/mol. The Kier molecular flexibility index (Phi) is 9.45. The van der Waals surface area contributed by atoms with Gasteiger partial charge in [-0.2, -0.15) is 5.10 Å². The molecule has 8 heteroatoms. The summed E-state index contributed by atoms with van der Waals surface area (Å²) in [7, 11) is 0. The van der Waals surface area contributed by atoms with E-state index in [2.05, 4.69) is 48.8 Å². The Morgan fingerprint density at radius 1 is 1.14 bits per heavy atom. The van der Waals surface area contributed by atoms with Crippen molar-refractivity contribution in [2.75, 3.05) is 6.26 Å². The van der Waals surface area contributed by atoms with Crippen molar-refractivity contribution in [3.63, 3.8) is 0 Å². The number of rotatable bonds is 3. The van der Waals surface area contributed by atoms with Crippen LogP contribution in [0.25, 0.3) is 0 Å². The van der Waals surface area contributed by atoms with Crippen LogP contribution in [0.5, 0.6) is 0 Å². The summed E-state index contributed by atoms with van der Waals surface area (Å²) in [5, 5.41) is 4.31. The molecule has 0 aliphatic rings. The van der Waals surface area contributed by atoms with Crippen LogP contribution < -0.4 is 5.43 Å². The topological polar surface area (TPSA) is 50.2 Å². The first kappa shape index (κ1) is 18.3. The number of nitrogens with one attached hydrogen (secondary N) is 1. The Morgan fingerprint density at radius 2 is 1.67 bits per heavy atom. The second kappa shape index (κ2) is 10.9. The molecular formula is C13H12BrCuN4S2. The molecule has 21 heavy (non-hydrogen) atoms. The Balaban J connectivity index is 0.00000106. The van der Waals surface area contributed by atoms with Crippen LogP contribution in [0.15, 0.2) is 53.9 Å². The number of halogens is 1. The van der Waals surface area contributed by atoms with Crippen LogP contribution in [0.3, 0.4) is 0 Å². The van der Waals surface area contributed by atoms with Crippen molar-refractivity contribution in [3.05, 3.63) is 60.2 Å². The molecule has 0 bridgehead atoms. The number of thioether (sulfide) groups is 1. The third-order valence-electron chi connectivity index (χ3n) is 2.26. The third kappa shape index (κ3) is 6.23. The number of nitrogens with zero attached hydrogens (tertiary/aromatic N) is 3. The average molecular weight is 432 g/mol. The minimum absolute atomic E-state index is 0.601. The summed E-state index contributed by atoms with van der Waals surface area (Å²) in [5.41, 5.74) is 4.99. The summed E-state index contributed by atoms with van der Waals surface area (Å²) in [5.74, 6) is 0. The van der Waals surface area contributed by atoms with Gasteiger partial charge in [-0.25, -0.2) is 0 Å². The van der Waals surface area contributed by atoms with Gasteiger partial charge in [-0.15, -0.1) is 0 Å². The van der Waals surface area contributed by atoms with Crippen molar-refractivity contribution in [3.8, 4) is 0 Å². The van der Waals surface area contributed by atoms with E-state index in [0.717, 1.165) is 11.4 Å². The zero-order valence-electron chi connectivity index (χ0n) is 11.0. The van der Waals surface area contributed by atoms with Crippen LogP contribution in [0.1, 0.15) is 11.4 Å². The first-order valence-electron chi connectivity index (χ1n) is 5.67. The van der Waals surface area contributed by atoms with E-state index in [0.29, 0.717) is 10.0 Å². The number of hydrogen-bond donors (Lipinski definition) is 1. The number of pyridine rings is 2. The fourth-order valence-electron chi connectivity index (χ4n) is 1.40. The van der Waals surface area contributed by atoms with Crippen LogP contribution in [-0.2, 0) is 14.2 Å². The van der Waals surface area contributed by atoms with Crippen LogP contribution in [0, 0.1) is 0 Å². The van der Waals surface area contributed by atoms with Gasteiger partial charge in [0.15, 0.2) is 4.32 Å². The molecule has 0 unspecified atom stereocenters. The van der Waals surface area contributed by atoms with Crippen LogP contribution in [0.4, 0.5) is 0 Å². The second-order valence-corrected chi connectivity index (χ2v) is 4.98. The van der Waals surface area contributed by atoms with Gasteiger partial charge in [0.25, 0.3) is 0 Å². The molecule has 0 saturated carbocycles. The molecule has 0 spiro atoms. The van der Waals surface area contributed by atoms with Gasteiger partial charge in [0, 0.05) is 12.4 Å². The second-order valence-electron chi connectivity index (χ2n) is 3.49. The molecule has 1 N–H and O–H groups in total.